The van der Waals surface area contributed by atoms with E-state index in [-0.39, 0.29) is 0 Å². The molecule has 0 radical (unpaired) electrons. The Bertz CT molecular complexity index is 1190. The average Bonchev–Trinajstić information content (AvgIpc) is 3.06. The van der Waals surface area contributed by atoms with Gasteiger partial charge in [0.2, 0.25) is 0 Å². The van der Waals surface area contributed by atoms with Crippen LogP contribution in [0.4, 0.5) is 17.1 Å². The Morgan fingerprint density at radius 2 is 1.17 bits per heavy atom. The van der Waals surface area contributed by atoms with Gasteiger partial charge in [0, 0.05) is 17.1 Å². The summed E-state index contributed by atoms with van der Waals surface area (Å²) >= 11 is 0. The minimum Gasteiger partial charge on any atom is -0.310 e. The SMILES string of the molecule is C=Cc1ccc2c(c1)[Si](=C)c1cc(N(c3ccccc3)c3ccccc3)ccc1-2. The van der Waals surface area contributed by atoms with Crippen LogP contribution in [-0.2, 0) is 0 Å². The van der Waals surface area contributed by atoms with Gasteiger partial charge in [0.1, 0.15) is 0 Å². The third-order valence-electron chi connectivity index (χ3n) is 5.51. The number of para-hydroxylation sites is 2. The fourth-order valence-electron chi connectivity index (χ4n) is 4.08. The summed E-state index contributed by atoms with van der Waals surface area (Å²) in [6, 6.07) is 34.5. The van der Waals surface area contributed by atoms with Crippen LogP contribution >= 0.6 is 0 Å². The van der Waals surface area contributed by atoms with Crippen LogP contribution in [0.5, 0.6) is 0 Å². The number of nitrogens with zero attached hydrogens (tertiary/aromatic N) is 1. The summed E-state index contributed by atoms with van der Waals surface area (Å²) in [5.74, 6) is 0. The molecule has 0 aromatic heterocycles. The van der Waals surface area contributed by atoms with Gasteiger partial charge in [0.25, 0.3) is 0 Å². The van der Waals surface area contributed by atoms with Crippen LogP contribution in [0.2, 0.25) is 0 Å². The van der Waals surface area contributed by atoms with Crippen molar-refractivity contribution in [3.05, 3.63) is 109 Å². The molecule has 138 valence electrons. The topological polar surface area (TPSA) is 3.24 Å². The van der Waals surface area contributed by atoms with Crippen molar-refractivity contribution in [1.82, 2.24) is 0 Å². The molecule has 4 aromatic carbocycles. The minimum atomic E-state index is -1.05. The third kappa shape index (κ3) is 2.98. The Balaban J connectivity index is 1.66. The van der Waals surface area contributed by atoms with E-state index < -0.39 is 8.41 Å². The van der Waals surface area contributed by atoms with Gasteiger partial charge in [-0.25, -0.2) is 0 Å². The monoisotopic (exact) mass is 387 g/mol. The summed E-state index contributed by atoms with van der Waals surface area (Å²) in [7, 11) is -1.05. The van der Waals surface area contributed by atoms with Crippen LogP contribution in [0.25, 0.3) is 17.2 Å². The van der Waals surface area contributed by atoms with Gasteiger partial charge in [-0.1, -0.05) is 73.3 Å². The maximum atomic E-state index is 4.59. The summed E-state index contributed by atoms with van der Waals surface area (Å²) in [5.41, 5.74) is 7.29. The van der Waals surface area contributed by atoms with Gasteiger partial charge in [0.15, 0.2) is 0 Å². The number of anilines is 3. The zero-order valence-electron chi connectivity index (χ0n) is 16.2. The highest BCUT2D eigenvalue weighted by Gasteiger charge is 2.24. The summed E-state index contributed by atoms with van der Waals surface area (Å²) < 4.78 is 0. The second-order valence-corrected chi connectivity index (χ2v) is 9.26. The van der Waals surface area contributed by atoms with E-state index in [4.69, 9.17) is 0 Å². The fourth-order valence-corrected chi connectivity index (χ4v) is 6.12. The van der Waals surface area contributed by atoms with E-state index >= 15 is 0 Å². The Morgan fingerprint density at radius 1 is 0.621 bits per heavy atom. The number of benzene rings is 4. The summed E-state index contributed by atoms with van der Waals surface area (Å²) in [6.45, 7) is 3.92. The lowest BCUT2D eigenvalue weighted by molar-refractivity contribution is 1.29. The maximum Gasteiger partial charge on any atom is 0.0744 e. The van der Waals surface area contributed by atoms with Gasteiger partial charge in [-0.3, -0.25) is 0 Å². The Kier molecular flexibility index (Phi) is 4.34. The van der Waals surface area contributed by atoms with E-state index in [0.29, 0.717) is 0 Å². The highest BCUT2D eigenvalue weighted by Crippen LogP contribution is 2.35. The smallest absolute Gasteiger partial charge is 0.0744 e. The Labute approximate surface area is 173 Å². The lowest BCUT2D eigenvalue weighted by Gasteiger charge is -2.26. The zero-order valence-corrected chi connectivity index (χ0v) is 17.2. The van der Waals surface area contributed by atoms with Crippen molar-refractivity contribution < 1.29 is 0 Å². The molecule has 0 aliphatic carbocycles. The molecule has 0 bridgehead atoms. The van der Waals surface area contributed by atoms with Gasteiger partial charge >= 0.3 is 0 Å². The molecule has 29 heavy (non-hydrogen) atoms. The van der Waals surface area contributed by atoms with E-state index in [0.717, 1.165) is 16.9 Å². The number of hydrogen-bond acceptors (Lipinski definition) is 1. The van der Waals surface area contributed by atoms with Crippen LogP contribution in [-0.4, -0.2) is 14.6 Å². The molecule has 0 amide bonds. The first kappa shape index (κ1) is 17.6. The maximum absolute atomic E-state index is 4.59. The van der Waals surface area contributed by atoms with Gasteiger partial charge < -0.3 is 4.90 Å². The Morgan fingerprint density at radius 3 is 1.76 bits per heavy atom. The van der Waals surface area contributed by atoms with Crippen LogP contribution in [0.1, 0.15) is 5.56 Å². The van der Waals surface area contributed by atoms with Gasteiger partial charge in [-0.05, 0) is 63.5 Å². The zero-order chi connectivity index (χ0) is 19.8. The first-order chi connectivity index (χ1) is 14.3. The van der Waals surface area contributed by atoms with Crippen molar-refractivity contribution in [2.24, 2.45) is 0 Å². The molecule has 0 atom stereocenters. The van der Waals surface area contributed by atoms with Crippen molar-refractivity contribution in [3.8, 4) is 11.1 Å². The van der Waals surface area contributed by atoms with Crippen LogP contribution in [0.15, 0.2) is 104 Å². The van der Waals surface area contributed by atoms with Crippen molar-refractivity contribution in [2.45, 2.75) is 0 Å². The molecule has 0 saturated carbocycles. The molecule has 0 fully saturated rings. The summed E-state index contributed by atoms with van der Waals surface area (Å²) in [6.07, 6.45) is 6.50. The second kappa shape index (κ2) is 7.15. The molecule has 0 saturated heterocycles. The normalized spacial score (nSPS) is 11.7. The molecule has 1 aliphatic rings. The highest BCUT2D eigenvalue weighted by molar-refractivity contribution is 6.90. The number of fused-ring (bicyclic) bond motifs is 3. The molecule has 2 heteroatoms. The minimum absolute atomic E-state index is 1.05. The fraction of sp³-hybridized carbons (Fsp3) is 0. The highest BCUT2D eigenvalue weighted by atomic mass is 28.2. The van der Waals surface area contributed by atoms with Gasteiger partial charge in [-0.2, -0.15) is 0 Å². The largest absolute Gasteiger partial charge is 0.310 e. The molecule has 5 rings (SSSR count). The van der Waals surface area contributed by atoms with Crippen LogP contribution in [0.3, 0.4) is 0 Å². The van der Waals surface area contributed by atoms with E-state index in [1.54, 1.807) is 0 Å². The predicted molar refractivity (Wildman–Crippen MR) is 129 cm³/mol. The Hall–Kier alpha value is -3.49. The van der Waals surface area contributed by atoms with E-state index in [1.807, 2.05) is 6.08 Å². The molecule has 0 N–H and O–H groups in total. The lowest BCUT2D eigenvalue weighted by Crippen LogP contribution is -2.29. The second-order valence-electron chi connectivity index (χ2n) is 7.22. The molecular formula is C27H21NSi. The van der Waals surface area contributed by atoms with Crippen molar-refractivity contribution in [3.63, 3.8) is 0 Å². The summed E-state index contributed by atoms with van der Waals surface area (Å²) in [4.78, 5) is 2.31. The number of hydrogen-bond donors (Lipinski definition) is 0. The van der Waals surface area contributed by atoms with Crippen molar-refractivity contribution in [2.75, 3.05) is 4.90 Å². The third-order valence-corrected chi connectivity index (χ3v) is 7.64. The van der Waals surface area contributed by atoms with E-state index in [2.05, 4.69) is 115 Å². The molecular weight excluding hydrogens is 366 g/mol. The van der Waals surface area contributed by atoms with Crippen LogP contribution in [0, 0.1) is 0 Å². The first-order valence-electron chi connectivity index (χ1n) is 9.77. The lowest BCUT2D eigenvalue weighted by atomic mass is 10.0. The van der Waals surface area contributed by atoms with Crippen molar-refractivity contribution >= 4 is 48.1 Å². The van der Waals surface area contributed by atoms with Gasteiger partial charge in [0.05, 0.1) is 8.41 Å². The van der Waals surface area contributed by atoms with Crippen LogP contribution < -0.4 is 15.3 Å². The van der Waals surface area contributed by atoms with E-state index in [1.165, 1.54) is 27.2 Å². The number of rotatable bonds is 4. The standard InChI is InChI=1S/C27H21NSi/c1-3-20-14-16-24-25-17-15-23(19-27(25)29(2)26(24)18-20)28(21-10-6-4-7-11-21)22-12-8-5-9-13-22/h3-19H,1-2H2. The van der Waals surface area contributed by atoms with Crippen molar-refractivity contribution in [1.29, 1.82) is 0 Å². The molecule has 0 spiro atoms. The van der Waals surface area contributed by atoms with E-state index in [9.17, 15) is 0 Å². The molecule has 0 unspecified atom stereocenters. The molecule has 1 aliphatic heterocycles. The predicted octanol–water partition coefficient (Wildman–Crippen LogP) is 5.40. The molecule has 1 nitrogen and oxygen atoms in total. The summed E-state index contributed by atoms with van der Waals surface area (Å²) in [5, 5.41) is 2.76. The first-order valence-corrected chi connectivity index (χ1v) is 11.5. The molecule has 4 aromatic rings. The average molecular weight is 388 g/mol. The van der Waals surface area contributed by atoms with Gasteiger partial charge in [-0.15, -0.1) is 6.17 Å². The molecule has 1 heterocycles. The quantitative estimate of drug-likeness (QED) is 0.373.